The fourth-order valence-corrected chi connectivity index (χ4v) is 2.74. The number of para-hydroxylation sites is 1. The van der Waals surface area contributed by atoms with Crippen LogP contribution in [0.2, 0.25) is 0 Å². The standard InChI is InChI=1S/C20H17N3O3/c24-20(8-6-15-5-7-18-19(11-15)26-14-25-18)22-12-16-3-1-2-4-17(16)23-10-9-21-13-23/h1-11,13H,12,14H2,(H,22,24)/b8-6+. The van der Waals surface area contributed by atoms with E-state index in [1.165, 1.54) is 6.08 Å². The zero-order chi connectivity index (χ0) is 17.8. The molecule has 1 N–H and O–H groups in total. The molecule has 1 amide bonds. The molecule has 0 fully saturated rings. The minimum Gasteiger partial charge on any atom is -0.454 e. The van der Waals surface area contributed by atoms with Crippen molar-refractivity contribution < 1.29 is 14.3 Å². The monoisotopic (exact) mass is 347 g/mol. The normalized spacial score (nSPS) is 12.5. The summed E-state index contributed by atoms with van der Waals surface area (Å²) in [6.45, 7) is 0.665. The van der Waals surface area contributed by atoms with Gasteiger partial charge in [-0.25, -0.2) is 4.98 Å². The highest BCUT2D eigenvalue weighted by Gasteiger charge is 2.12. The maximum atomic E-state index is 12.1. The van der Waals surface area contributed by atoms with Crippen LogP contribution in [0.5, 0.6) is 11.5 Å². The molecule has 26 heavy (non-hydrogen) atoms. The highest BCUT2D eigenvalue weighted by Crippen LogP contribution is 2.32. The Morgan fingerprint density at radius 1 is 1.19 bits per heavy atom. The number of carbonyl (C=O) groups excluding carboxylic acids is 1. The van der Waals surface area contributed by atoms with E-state index in [1.54, 1.807) is 18.6 Å². The minimum absolute atomic E-state index is 0.164. The molecule has 0 bridgehead atoms. The first kappa shape index (κ1) is 16.0. The summed E-state index contributed by atoms with van der Waals surface area (Å²) >= 11 is 0. The zero-order valence-electron chi connectivity index (χ0n) is 14.0. The Labute approximate surface area is 150 Å². The van der Waals surface area contributed by atoms with Crippen molar-refractivity contribution in [1.82, 2.24) is 14.9 Å². The summed E-state index contributed by atoms with van der Waals surface area (Å²) in [4.78, 5) is 16.2. The lowest BCUT2D eigenvalue weighted by Gasteiger charge is -2.10. The van der Waals surface area contributed by atoms with Crippen molar-refractivity contribution in [3.8, 4) is 17.2 Å². The van der Waals surface area contributed by atoms with Crippen molar-refractivity contribution in [3.05, 3.63) is 78.4 Å². The number of hydrogen-bond donors (Lipinski definition) is 1. The zero-order valence-corrected chi connectivity index (χ0v) is 14.0. The van der Waals surface area contributed by atoms with E-state index in [2.05, 4.69) is 10.3 Å². The van der Waals surface area contributed by atoms with Gasteiger partial charge >= 0.3 is 0 Å². The second kappa shape index (κ2) is 7.14. The van der Waals surface area contributed by atoms with Crippen molar-refractivity contribution >= 4 is 12.0 Å². The average Bonchev–Trinajstić information content (AvgIpc) is 3.36. The summed E-state index contributed by atoms with van der Waals surface area (Å²) in [7, 11) is 0. The van der Waals surface area contributed by atoms with Crippen LogP contribution in [0.4, 0.5) is 0 Å². The average molecular weight is 347 g/mol. The molecule has 3 aromatic rings. The first-order valence-corrected chi connectivity index (χ1v) is 8.21. The van der Waals surface area contributed by atoms with Crippen molar-refractivity contribution in [3.63, 3.8) is 0 Å². The summed E-state index contributed by atoms with van der Waals surface area (Å²) in [6.07, 6.45) is 8.60. The number of fused-ring (bicyclic) bond motifs is 1. The third-order valence-corrected chi connectivity index (χ3v) is 4.05. The summed E-state index contributed by atoms with van der Waals surface area (Å²) in [6, 6.07) is 13.4. The van der Waals surface area contributed by atoms with E-state index in [9.17, 15) is 4.79 Å². The quantitative estimate of drug-likeness (QED) is 0.721. The number of nitrogens with one attached hydrogen (secondary N) is 1. The van der Waals surface area contributed by atoms with Gasteiger partial charge in [0.15, 0.2) is 11.5 Å². The van der Waals surface area contributed by atoms with Gasteiger partial charge in [0.1, 0.15) is 0 Å². The molecule has 0 atom stereocenters. The van der Waals surface area contributed by atoms with Gasteiger partial charge in [-0.3, -0.25) is 4.79 Å². The Kier molecular flexibility index (Phi) is 4.38. The van der Waals surface area contributed by atoms with Crippen LogP contribution in [-0.4, -0.2) is 22.3 Å². The number of benzene rings is 2. The van der Waals surface area contributed by atoms with Crippen LogP contribution in [0, 0.1) is 0 Å². The molecule has 6 heteroatoms. The maximum Gasteiger partial charge on any atom is 0.244 e. The number of carbonyl (C=O) groups is 1. The lowest BCUT2D eigenvalue weighted by molar-refractivity contribution is -0.116. The van der Waals surface area contributed by atoms with Gasteiger partial charge in [-0.2, -0.15) is 0 Å². The molecule has 1 aliphatic heterocycles. The molecule has 0 saturated heterocycles. The number of imidazole rings is 1. The third-order valence-electron chi connectivity index (χ3n) is 4.05. The topological polar surface area (TPSA) is 65.4 Å². The van der Waals surface area contributed by atoms with E-state index in [0.29, 0.717) is 12.3 Å². The van der Waals surface area contributed by atoms with Gasteiger partial charge in [0.25, 0.3) is 0 Å². The minimum atomic E-state index is -0.164. The number of ether oxygens (including phenoxy) is 2. The summed E-state index contributed by atoms with van der Waals surface area (Å²) in [5, 5.41) is 2.91. The van der Waals surface area contributed by atoms with E-state index < -0.39 is 0 Å². The third kappa shape index (κ3) is 3.44. The highest BCUT2D eigenvalue weighted by atomic mass is 16.7. The predicted molar refractivity (Wildman–Crippen MR) is 97.0 cm³/mol. The molecule has 2 heterocycles. The van der Waals surface area contributed by atoms with Crippen LogP contribution in [0.25, 0.3) is 11.8 Å². The molecule has 0 spiro atoms. The Morgan fingerprint density at radius 3 is 2.96 bits per heavy atom. The van der Waals surface area contributed by atoms with Crippen LogP contribution in [0.1, 0.15) is 11.1 Å². The molecular formula is C20H17N3O3. The summed E-state index contributed by atoms with van der Waals surface area (Å²) in [5.74, 6) is 1.26. The van der Waals surface area contributed by atoms with Crippen LogP contribution in [0.15, 0.2) is 67.3 Å². The summed E-state index contributed by atoms with van der Waals surface area (Å²) < 4.78 is 12.5. The molecule has 2 aromatic carbocycles. The molecule has 130 valence electrons. The molecule has 1 aromatic heterocycles. The van der Waals surface area contributed by atoms with Crippen molar-refractivity contribution in [2.45, 2.75) is 6.54 Å². The van der Waals surface area contributed by atoms with Gasteiger partial charge in [0.2, 0.25) is 12.7 Å². The highest BCUT2D eigenvalue weighted by molar-refractivity contribution is 5.91. The molecule has 4 rings (SSSR count). The van der Waals surface area contributed by atoms with Crippen LogP contribution >= 0.6 is 0 Å². The van der Waals surface area contributed by atoms with E-state index in [-0.39, 0.29) is 12.7 Å². The van der Waals surface area contributed by atoms with E-state index in [0.717, 1.165) is 22.6 Å². The molecule has 0 saturated carbocycles. The number of hydrogen-bond acceptors (Lipinski definition) is 4. The number of aromatic nitrogens is 2. The number of amides is 1. The Bertz CT molecular complexity index is 949. The van der Waals surface area contributed by atoms with Gasteiger partial charge in [0, 0.05) is 25.0 Å². The van der Waals surface area contributed by atoms with E-state index >= 15 is 0 Å². The molecule has 0 aliphatic carbocycles. The first-order valence-electron chi connectivity index (χ1n) is 8.21. The first-order chi connectivity index (χ1) is 12.8. The van der Waals surface area contributed by atoms with E-state index in [4.69, 9.17) is 9.47 Å². The fourth-order valence-electron chi connectivity index (χ4n) is 2.74. The summed E-state index contributed by atoms with van der Waals surface area (Å²) in [5.41, 5.74) is 2.88. The van der Waals surface area contributed by atoms with E-state index in [1.807, 2.05) is 53.2 Å². The smallest absolute Gasteiger partial charge is 0.244 e. The van der Waals surface area contributed by atoms with Gasteiger partial charge in [0.05, 0.1) is 12.0 Å². The molecule has 1 aliphatic rings. The van der Waals surface area contributed by atoms with Gasteiger partial charge in [-0.1, -0.05) is 24.3 Å². The van der Waals surface area contributed by atoms with Gasteiger partial charge < -0.3 is 19.4 Å². The second-order valence-electron chi connectivity index (χ2n) is 5.76. The SMILES string of the molecule is O=C(/C=C/c1ccc2c(c1)OCO2)NCc1ccccc1-n1ccnc1. The Balaban J connectivity index is 1.40. The van der Waals surface area contributed by atoms with Gasteiger partial charge in [-0.05, 0) is 35.4 Å². The molecular weight excluding hydrogens is 330 g/mol. The number of nitrogens with zero attached hydrogens (tertiary/aromatic N) is 2. The van der Waals surface area contributed by atoms with Crippen molar-refractivity contribution in [1.29, 1.82) is 0 Å². The number of rotatable bonds is 5. The van der Waals surface area contributed by atoms with Crippen molar-refractivity contribution in [2.24, 2.45) is 0 Å². The Hall–Kier alpha value is -3.54. The van der Waals surface area contributed by atoms with Crippen LogP contribution in [0.3, 0.4) is 0 Å². The Morgan fingerprint density at radius 2 is 2.08 bits per heavy atom. The lowest BCUT2D eigenvalue weighted by atomic mass is 10.1. The second-order valence-corrected chi connectivity index (χ2v) is 5.76. The van der Waals surface area contributed by atoms with Crippen LogP contribution < -0.4 is 14.8 Å². The van der Waals surface area contributed by atoms with Crippen molar-refractivity contribution in [2.75, 3.05) is 6.79 Å². The van der Waals surface area contributed by atoms with Gasteiger partial charge in [-0.15, -0.1) is 0 Å². The maximum absolute atomic E-state index is 12.1. The van der Waals surface area contributed by atoms with Crippen LogP contribution in [-0.2, 0) is 11.3 Å². The fraction of sp³-hybridized carbons (Fsp3) is 0.100. The largest absolute Gasteiger partial charge is 0.454 e. The predicted octanol–water partition coefficient (Wildman–Crippen LogP) is 2.93. The molecule has 0 radical (unpaired) electrons. The molecule has 6 nitrogen and oxygen atoms in total. The lowest BCUT2D eigenvalue weighted by Crippen LogP contribution is -2.21. The molecule has 0 unspecified atom stereocenters.